The zero-order valence-corrected chi connectivity index (χ0v) is 12.8. The molecule has 1 aromatic heterocycles. The van der Waals surface area contributed by atoms with E-state index in [1.54, 1.807) is 18.5 Å². The van der Waals surface area contributed by atoms with Crippen LogP contribution in [0.5, 0.6) is 0 Å². The first kappa shape index (κ1) is 15.4. The van der Waals surface area contributed by atoms with Crippen molar-refractivity contribution in [1.82, 2.24) is 14.5 Å². The van der Waals surface area contributed by atoms with E-state index in [2.05, 4.69) is 9.82 Å². The summed E-state index contributed by atoms with van der Waals surface area (Å²) >= 11 is 5.62. The number of aromatic nitrogens is 2. The van der Waals surface area contributed by atoms with Gasteiger partial charge in [0.25, 0.3) is 0 Å². The van der Waals surface area contributed by atoms with Gasteiger partial charge in [-0.05, 0) is 30.7 Å². The first-order valence-corrected chi connectivity index (χ1v) is 8.39. The van der Waals surface area contributed by atoms with E-state index in [1.165, 1.54) is 4.68 Å². The Morgan fingerprint density at radius 1 is 1.45 bits per heavy atom. The Kier molecular flexibility index (Phi) is 3.94. The summed E-state index contributed by atoms with van der Waals surface area (Å²) in [4.78, 5) is -0.125. The van der Waals surface area contributed by atoms with E-state index in [9.17, 15) is 17.9 Å². The van der Waals surface area contributed by atoms with E-state index in [-0.39, 0.29) is 16.3 Å². The lowest BCUT2D eigenvalue weighted by Crippen LogP contribution is -2.56. The first-order valence-electron chi connectivity index (χ1n) is 6.53. The first-order chi connectivity index (χ1) is 10.4. The zero-order chi connectivity index (χ0) is 15.9. The van der Waals surface area contributed by atoms with Crippen molar-refractivity contribution in [3.63, 3.8) is 0 Å². The van der Waals surface area contributed by atoms with Crippen molar-refractivity contribution < 1.29 is 17.9 Å². The summed E-state index contributed by atoms with van der Waals surface area (Å²) in [6, 6.07) is 3.91. The highest BCUT2D eigenvalue weighted by Gasteiger charge is 2.44. The van der Waals surface area contributed by atoms with Gasteiger partial charge in [0, 0.05) is 18.4 Å². The van der Waals surface area contributed by atoms with Crippen LogP contribution < -0.4 is 4.72 Å². The highest BCUT2D eigenvalue weighted by atomic mass is 35.5. The molecule has 0 radical (unpaired) electrons. The van der Waals surface area contributed by atoms with Gasteiger partial charge in [-0.2, -0.15) is 5.10 Å². The molecule has 22 heavy (non-hydrogen) atoms. The van der Waals surface area contributed by atoms with E-state index in [0.29, 0.717) is 0 Å². The fraction of sp³-hybridized carbons (Fsp3) is 0.308. The van der Waals surface area contributed by atoms with E-state index in [4.69, 9.17) is 11.6 Å². The van der Waals surface area contributed by atoms with Crippen LogP contribution in [0.2, 0.25) is 5.02 Å². The molecule has 0 aliphatic heterocycles. The van der Waals surface area contributed by atoms with E-state index < -0.39 is 34.0 Å². The Bertz CT molecular complexity index is 782. The summed E-state index contributed by atoms with van der Waals surface area (Å²) in [6.07, 6.45) is 2.81. The van der Waals surface area contributed by atoms with Crippen molar-refractivity contribution in [2.24, 2.45) is 0 Å². The molecular weight excluding hydrogens is 333 g/mol. The van der Waals surface area contributed by atoms with Gasteiger partial charge in [0.1, 0.15) is 5.82 Å². The monoisotopic (exact) mass is 345 g/mol. The second kappa shape index (κ2) is 5.62. The summed E-state index contributed by atoms with van der Waals surface area (Å²) in [5, 5.41) is 13.6. The van der Waals surface area contributed by atoms with Crippen LogP contribution in [-0.2, 0) is 10.0 Å². The second-order valence-electron chi connectivity index (χ2n) is 5.08. The molecule has 1 aliphatic rings. The van der Waals surface area contributed by atoms with Crippen LogP contribution in [0.25, 0.3) is 0 Å². The number of benzene rings is 1. The van der Waals surface area contributed by atoms with Gasteiger partial charge in [0.05, 0.1) is 22.1 Å². The topological polar surface area (TPSA) is 84.2 Å². The number of hydrogen-bond donors (Lipinski definition) is 2. The number of aliphatic hydroxyl groups is 1. The quantitative estimate of drug-likeness (QED) is 0.875. The Hall–Kier alpha value is -1.48. The average molecular weight is 346 g/mol. The van der Waals surface area contributed by atoms with Gasteiger partial charge in [-0.15, -0.1) is 0 Å². The number of rotatable bonds is 4. The molecule has 1 fully saturated rings. The van der Waals surface area contributed by atoms with Gasteiger partial charge in [0.2, 0.25) is 10.0 Å². The van der Waals surface area contributed by atoms with Crippen LogP contribution in [0.4, 0.5) is 4.39 Å². The van der Waals surface area contributed by atoms with Gasteiger partial charge < -0.3 is 5.11 Å². The Labute approximate surface area is 131 Å². The molecule has 0 spiro atoms. The molecule has 1 aromatic carbocycles. The highest BCUT2D eigenvalue weighted by Crippen LogP contribution is 2.33. The molecule has 0 amide bonds. The third kappa shape index (κ3) is 2.74. The fourth-order valence-electron chi connectivity index (χ4n) is 2.46. The summed E-state index contributed by atoms with van der Waals surface area (Å²) in [6.45, 7) is 0. The Morgan fingerprint density at radius 3 is 2.82 bits per heavy atom. The van der Waals surface area contributed by atoms with E-state index >= 15 is 0 Å². The molecule has 3 atom stereocenters. The third-order valence-corrected chi connectivity index (χ3v) is 5.42. The largest absolute Gasteiger partial charge is 0.391 e. The summed E-state index contributed by atoms with van der Waals surface area (Å²) in [5.74, 6) is -0.686. The number of nitrogens with one attached hydrogen (secondary N) is 1. The molecule has 0 saturated heterocycles. The number of sulfonamides is 1. The predicted molar refractivity (Wildman–Crippen MR) is 77.4 cm³/mol. The molecule has 1 saturated carbocycles. The number of hydrogen-bond acceptors (Lipinski definition) is 4. The van der Waals surface area contributed by atoms with Crippen molar-refractivity contribution in [3.05, 3.63) is 47.5 Å². The van der Waals surface area contributed by atoms with Crippen LogP contribution in [0, 0.1) is 5.82 Å². The maximum atomic E-state index is 13.1. The van der Waals surface area contributed by atoms with Crippen LogP contribution >= 0.6 is 11.6 Å². The zero-order valence-electron chi connectivity index (χ0n) is 11.2. The number of aliphatic hydroxyl groups excluding tert-OH is 1. The molecule has 2 N–H and O–H groups in total. The molecule has 1 heterocycles. The van der Waals surface area contributed by atoms with Gasteiger partial charge in [0.15, 0.2) is 0 Å². The van der Waals surface area contributed by atoms with Crippen LogP contribution in [-0.4, -0.2) is 35.5 Å². The second-order valence-corrected chi connectivity index (χ2v) is 7.20. The lowest BCUT2D eigenvalue weighted by Gasteiger charge is -2.41. The van der Waals surface area contributed by atoms with Crippen LogP contribution in [0.3, 0.4) is 0 Å². The van der Waals surface area contributed by atoms with Gasteiger partial charge in [-0.3, -0.25) is 4.68 Å². The minimum atomic E-state index is -3.86. The molecule has 2 aromatic rings. The van der Waals surface area contributed by atoms with Crippen molar-refractivity contribution in [3.8, 4) is 0 Å². The molecular formula is C13H13ClFN3O3S. The number of halogens is 2. The molecule has 1 aliphatic carbocycles. The van der Waals surface area contributed by atoms with E-state index in [1.807, 2.05) is 0 Å². The molecule has 0 bridgehead atoms. The lowest BCUT2D eigenvalue weighted by molar-refractivity contribution is 0.000540. The Morgan fingerprint density at radius 2 is 2.23 bits per heavy atom. The molecule has 3 rings (SSSR count). The summed E-state index contributed by atoms with van der Waals surface area (Å²) < 4.78 is 41.8. The minimum absolute atomic E-state index is 0.125. The summed E-state index contributed by atoms with van der Waals surface area (Å²) in [7, 11) is -3.86. The van der Waals surface area contributed by atoms with Crippen molar-refractivity contribution in [1.29, 1.82) is 0 Å². The average Bonchev–Trinajstić information content (AvgIpc) is 2.94. The standard InChI is InChI=1S/C13H13ClFN3O3S/c14-9-6-8(2-3-10(9)15)22(20,21)17-11-7-12(19)13(11)18-5-1-4-16-18/h1-6,11-13,17,19H,7H2. The van der Waals surface area contributed by atoms with Crippen LogP contribution in [0.15, 0.2) is 41.6 Å². The van der Waals surface area contributed by atoms with Gasteiger partial charge >= 0.3 is 0 Å². The van der Waals surface area contributed by atoms with Gasteiger partial charge in [-0.1, -0.05) is 11.6 Å². The number of nitrogens with zero attached hydrogens (tertiary/aromatic N) is 2. The van der Waals surface area contributed by atoms with Crippen LogP contribution in [0.1, 0.15) is 12.5 Å². The Balaban J connectivity index is 1.81. The molecule has 9 heteroatoms. The fourth-order valence-corrected chi connectivity index (χ4v) is 3.99. The van der Waals surface area contributed by atoms with Crippen molar-refractivity contribution in [2.45, 2.75) is 29.5 Å². The lowest BCUT2D eigenvalue weighted by atomic mass is 9.84. The normalized spacial score (nSPS) is 25.0. The van der Waals surface area contributed by atoms with Gasteiger partial charge in [-0.25, -0.2) is 17.5 Å². The SMILES string of the molecule is O=S(=O)(NC1CC(O)C1n1cccn1)c1ccc(F)c(Cl)c1. The maximum Gasteiger partial charge on any atom is 0.240 e. The smallest absolute Gasteiger partial charge is 0.240 e. The van der Waals surface area contributed by atoms with Crippen molar-refractivity contribution in [2.75, 3.05) is 0 Å². The van der Waals surface area contributed by atoms with Crippen molar-refractivity contribution >= 4 is 21.6 Å². The predicted octanol–water partition coefficient (Wildman–Crippen LogP) is 1.33. The highest BCUT2D eigenvalue weighted by molar-refractivity contribution is 7.89. The maximum absolute atomic E-state index is 13.1. The minimum Gasteiger partial charge on any atom is -0.391 e. The summed E-state index contributed by atoms with van der Waals surface area (Å²) in [5.41, 5.74) is 0. The molecule has 3 unspecified atom stereocenters. The molecule has 6 nitrogen and oxygen atoms in total. The van der Waals surface area contributed by atoms with E-state index in [0.717, 1.165) is 18.2 Å². The third-order valence-electron chi connectivity index (χ3n) is 3.64. The molecule has 118 valence electrons.